The summed E-state index contributed by atoms with van der Waals surface area (Å²) in [6.45, 7) is 0.0751. The molecule has 0 aromatic rings. The minimum atomic E-state index is -1.57. The first-order valence-corrected chi connectivity index (χ1v) is 4.16. The van der Waals surface area contributed by atoms with Crippen LogP contribution in [0.25, 0.3) is 0 Å². The molecule has 1 aliphatic heterocycles. The van der Waals surface area contributed by atoms with Gasteiger partial charge in [0.1, 0.15) is 12.1 Å². The Balaban J connectivity index is 2.79. The van der Waals surface area contributed by atoms with Gasteiger partial charge in [-0.2, -0.15) is 0 Å². The number of carbonyl (C=O) groups excluding carboxylic acids is 1. The van der Waals surface area contributed by atoms with Gasteiger partial charge < -0.3 is 10.4 Å². The van der Waals surface area contributed by atoms with E-state index in [2.05, 4.69) is 5.32 Å². The van der Waals surface area contributed by atoms with Crippen LogP contribution in [0.15, 0.2) is 0 Å². The smallest absolute Gasteiger partial charge is 0.310 e. The third-order valence-corrected chi connectivity index (χ3v) is 2.29. The number of hydrazine groups is 1. The molecule has 3 atom stereocenters. The molecule has 1 heterocycles. The van der Waals surface area contributed by atoms with E-state index in [0.717, 1.165) is 0 Å². The molecule has 0 bridgehead atoms. The average molecular weight is 205 g/mol. The quantitative estimate of drug-likeness (QED) is 0.243. The first kappa shape index (κ1) is 10.9. The predicted octanol–water partition coefficient (Wildman–Crippen LogP) is -1.77. The zero-order valence-electron chi connectivity index (χ0n) is 7.37. The zero-order valence-corrected chi connectivity index (χ0v) is 7.37. The van der Waals surface area contributed by atoms with Crippen LogP contribution in [0.4, 0.5) is 4.39 Å². The van der Waals surface area contributed by atoms with E-state index >= 15 is 0 Å². The summed E-state index contributed by atoms with van der Waals surface area (Å²) in [5.41, 5.74) is 1.83. The summed E-state index contributed by atoms with van der Waals surface area (Å²) in [4.78, 5) is 21.8. The lowest BCUT2D eigenvalue weighted by Crippen LogP contribution is -2.54. The molecule has 0 radical (unpaired) electrons. The second-order valence-electron chi connectivity index (χ2n) is 3.15. The molecule has 5 N–H and O–H groups in total. The first-order chi connectivity index (χ1) is 6.57. The molecule has 1 rings (SSSR count). The summed E-state index contributed by atoms with van der Waals surface area (Å²) < 4.78 is 13.2. The van der Waals surface area contributed by atoms with Gasteiger partial charge >= 0.3 is 5.97 Å². The van der Waals surface area contributed by atoms with Gasteiger partial charge in [-0.3, -0.25) is 15.0 Å². The van der Waals surface area contributed by atoms with Crippen molar-refractivity contribution < 1.29 is 19.1 Å². The lowest BCUT2D eigenvalue weighted by molar-refractivity contribution is -0.151. The molecule has 1 saturated heterocycles. The van der Waals surface area contributed by atoms with Gasteiger partial charge in [-0.15, -0.1) is 0 Å². The molecule has 3 unspecified atom stereocenters. The number of aliphatic carboxylic acids is 1. The topological polar surface area (TPSA) is 104 Å². The number of nitrogens with two attached hydrogens (primary N) is 1. The standard InChI is InChI=1S/C7H12FN3O3/c8-4-2-10-1-3(6(12)11-9)5(4)7(13)14/h3-5,10H,1-2,9H2,(H,11,12)(H,13,14). The highest BCUT2D eigenvalue weighted by atomic mass is 19.1. The van der Waals surface area contributed by atoms with Crippen molar-refractivity contribution in [2.45, 2.75) is 6.17 Å². The number of nitrogens with one attached hydrogen (secondary N) is 2. The van der Waals surface area contributed by atoms with Gasteiger partial charge in [-0.05, 0) is 0 Å². The van der Waals surface area contributed by atoms with E-state index in [9.17, 15) is 14.0 Å². The monoisotopic (exact) mass is 205 g/mol. The number of amides is 1. The van der Waals surface area contributed by atoms with E-state index in [4.69, 9.17) is 10.9 Å². The summed E-state index contributed by atoms with van der Waals surface area (Å²) in [7, 11) is 0. The maximum Gasteiger partial charge on any atom is 0.310 e. The van der Waals surface area contributed by atoms with Crippen molar-refractivity contribution in [1.82, 2.24) is 10.7 Å². The van der Waals surface area contributed by atoms with Crippen molar-refractivity contribution in [3.05, 3.63) is 0 Å². The average Bonchev–Trinajstić information content (AvgIpc) is 2.15. The Bertz CT molecular complexity index is 248. The lowest BCUT2D eigenvalue weighted by atomic mass is 9.84. The van der Waals surface area contributed by atoms with E-state index in [-0.39, 0.29) is 13.1 Å². The van der Waals surface area contributed by atoms with Gasteiger partial charge in [-0.1, -0.05) is 0 Å². The SMILES string of the molecule is NNC(=O)C1CNCC(F)C1C(=O)O. The normalized spacial score (nSPS) is 32.3. The molecule has 1 fully saturated rings. The molecule has 0 saturated carbocycles. The zero-order chi connectivity index (χ0) is 10.7. The fraction of sp³-hybridized carbons (Fsp3) is 0.714. The summed E-state index contributed by atoms with van der Waals surface area (Å²) in [6.07, 6.45) is -1.57. The van der Waals surface area contributed by atoms with Gasteiger partial charge in [0.15, 0.2) is 0 Å². The number of halogens is 1. The second kappa shape index (κ2) is 4.34. The maximum absolute atomic E-state index is 13.2. The minimum absolute atomic E-state index is 0.0503. The lowest BCUT2D eigenvalue weighted by Gasteiger charge is -2.30. The van der Waals surface area contributed by atoms with Crippen LogP contribution in [0.3, 0.4) is 0 Å². The molecule has 0 spiro atoms. The van der Waals surface area contributed by atoms with Gasteiger partial charge in [0.25, 0.3) is 0 Å². The Labute approximate surface area is 79.6 Å². The van der Waals surface area contributed by atoms with Crippen LogP contribution >= 0.6 is 0 Å². The van der Waals surface area contributed by atoms with Crippen molar-refractivity contribution in [1.29, 1.82) is 0 Å². The highest BCUT2D eigenvalue weighted by Crippen LogP contribution is 2.22. The van der Waals surface area contributed by atoms with E-state index in [1.807, 2.05) is 5.43 Å². The number of hydrogen-bond acceptors (Lipinski definition) is 4. The highest BCUT2D eigenvalue weighted by molar-refractivity contribution is 5.85. The number of piperidine rings is 1. The van der Waals surface area contributed by atoms with Gasteiger partial charge in [0.05, 0.1) is 5.92 Å². The number of hydrogen-bond donors (Lipinski definition) is 4. The van der Waals surface area contributed by atoms with Crippen LogP contribution < -0.4 is 16.6 Å². The molecule has 7 heteroatoms. The first-order valence-electron chi connectivity index (χ1n) is 4.16. The van der Waals surface area contributed by atoms with Crippen molar-refractivity contribution in [2.75, 3.05) is 13.1 Å². The van der Waals surface area contributed by atoms with Crippen molar-refractivity contribution in [3.8, 4) is 0 Å². The Morgan fingerprint density at radius 3 is 2.64 bits per heavy atom. The highest BCUT2D eigenvalue weighted by Gasteiger charge is 2.42. The summed E-state index contributed by atoms with van der Waals surface area (Å²) in [6, 6.07) is 0. The van der Waals surface area contributed by atoms with Gasteiger partial charge in [0, 0.05) is 13.1 Å². The van der Waals surface area contributed by atoms with E-state index < -0.39 is 29.9 Å². The molecule has 0 aromatic carbocycles. The molecule has 6 nitrogen and oxygen atoms in total. The number of rotatable bonds is 2. The number of alkyl halides is 1. The Morgan fingerprint density at radius 1 is 1.50 bits per heavy atom. The van der Waals surface area contributed by atoms with Gasteiger partial charge in [0.2, 0.25) is 5.91 Å². The van der Waals surface area contributed by atoms with Crippen LogP contribution in [0, 0.1) is 11.8 Å². The third-order valence-electron chi connectivity index (χ3n) is 2.29. The molecule has 80 valence electrons. The van der Waals surface area contributed by atoms with Crippen molar-refractivity contribution in [2.24, 2.45) is 17.7 Å². The molecular formula is C7H12FN3O3. The molecule has 14 heavy (non-hydrogen) atoms. The van der Waals surface area contributed by atoms with E-state index in [0.29, 0.717) is 0 Å². The summed E-state index contributed by atoms with van der Waals surface area (Å²) in [5, 5.41) is 11.4. The summed E-state index contributed by atoms with van der Waals surface area (Å²) in [5.74, 6) is 0.619. The molecule has 1 aliphatic rings. The van der Waals surface area contributed by atoms with Crippen molar-refractivity contribution >= 4 is 11.9 Å². The Kier molecular flexibility index (Phi) is 3.37. The molecular weight excluding hydrogens is 193 g/mol. The maximum atomic E-state index is 13.2. The Morgan fingerprint density at radius 2 is 2.14 bits per heavy atom. The van der Waals surface area contributed by atoms with Crippen LogP contribution in [-0.2, 0) is 9.59 Å². The second-order valence-corrected chi connectivity index (χ2v) is 3.15. The van der Waals surface area contributed by atoms with Gasteiger partial charge in [-0.25, -0.2) is 10.2 Å². The van der Waals surface area contributed by atoms with Crippen LogP contribution in [-0.4, -0.2) is 36.2 Å². The van der Waals surface area contributed by atoms with Crippen LogP contribution in [0.5, 0.6) is 0 Å². The third kappa shape index (κ3) is 1.99. The molecule has 0 aromatic heterocycles. The van der Waals surface area contributed by atoms with E-state index in [1.165, 1.54) is 0 Å². The molecule has 0 aliphatic carbocycles. The largest absolute Gasteiger partial charge is 0.481 e. The van der Waals surface area contributed by atoms with E-state index in [1.54, 1.807) is 0 Å². The van der Waals surface area contributed by atoms with Crippen LogP contribution in [0.2, 0.25) is 0 Å². The predicted molar refractivity (Wildman–Crippen MR) is 44.7 cm³/mol. The van der Waals surface area contributed by atoms with Crippen LogP contribution in [0.1, 0.15) is 0 Å². The fourth-order valence-corrected chi connectivity index (χ4v) is 1.57. The minimum Gasteiger partial charge on any atom is -0.481 e. The fourth-order valence-electron chi connectivity index (χ4n) is 1.57. The number of carboxylic acid groups (broad SMARTS) is 1. The number of carbonyl (C=O) groups is 2. The number of carboxylic acids is 1. The van der Waals surface area contributed by atoms with Crippen molar-refractivity contribution in [3.63, 3.8) is 0 Å². The molecule has 1 amide bonds. The summed E-state index contributed by atoms with van der Waals surface area (Å²) >= 11 is 0. The Hall–Kier alpha value is -1.21.